The van der Waals surface area contributed by atoms with Crippen LogP contribution in [0.15, 0.2) is 23.1 Å². The molecule has 1 saturated heterocycles. The molecule has 1 heterocycles. The summed E-state index contributed by atoms with van der Waals surface area (Å²) in [6.07, 6.45) is 3.79. The van der Waals surface area contributed by atoms with Gasteiger partial charge < -0.3 is 10.4 Å². The second-order valence-corrected chi connectivity index (χ2v) is 9.34. The van der Waals surface area contributed by atoms with E-state index in [2.05, 4.69) is 5.32 Å². The van der Waals surface area contributed by atoms with E-state index in [0.29, 0.717) is 32.2 Å². The van der Waals surface area contributed by atoms with Gasteiger partial charge in [0.2, 0.25) is 15.9 Å². The first-order chi connectivity index (χ1) is 12.3. The molecule has 3 rings (SSSR count). The summed E-state index contributed by atoms with van der Waals surface area (Å²) in [6, 6.07) is 4.63. The number of hydrogen-bond donors (Lipinski definition) is 2. The highest BCUT2D eigenvalue weighted by atomic mass is 32.2. The summed E-state index contributed by atoms with van der Waals surface area (Å²) in [5.74, 6) is -0.210. The predicted molar refractivity (Wildman–Crippen MR) is 99.2 cm³/mol. The number of carbonyl (C=O) groups is 1. The van der Waals surface area contributed by atoms with Crippen LogP contribution in [0.3, 0.4) is 0 Å². The molecule has 2 aliphatic rings. The molecule has 7 heteroatoms. The normalized spacial score (nSPS) is 27.4. The van der Waals surface area contributed by atoms with Crippen LogP contribution in [0.1, 0.15) is 49.7 Å². The van der Waals surface area contributed by atoms with Crippen LogP contribution in [0.2, 0.25) is 0 Å². The fraction of sp³-hybridized carbons (Fsp3) is 0.632. The molecule has 2 N–H and O–H groups in total. The van der Waals surface area contributed by atoms with Crippen LogP contribution < -0.4 is 5.32 Å². The van der Waals surface area contributed by atoms with Crippen LogP contribution in [0.5, 0.6) is 0 Å². The minimum atomic E-state index is -3.70. The highest BCUT2D eigenvalue weighted by Crippen LogP contribution is 2.29. The Morgan fingerprint density at radius 2 is 1.85 bits per heavy atom. The summed E-state index contributed by atoms with van der Waals surface area (Å²) >= 11 is 0. The number of aliphatic hydroxyl groups excluding tert-OH is 1. The zero-order valence-electron chi connectivity index (χ0n) is 15.4. The van der Waals surface area contributed by atoms with E-state index in [1.807, 2.05) is 13.0 Å². The van der Waals surface area contributed by atoms with Gasteiger partial charge in [0.1, 0.15) is 6.04 Å². The third-order valence-corrected chi connectivity index (χ3v) is 7.74. The maximum atomic E-state index is 13.2. The van der Waals surface area contributed by atoms with E-state index in [1.54, 1.807) is 19.1 Å². The molecule has 6 nitrogen and oxygen atoms in total. The predicted octanol–water partition coefficient (Wildman–Crippen LogP) is 1.88. The average Bonchev–Trinajstić information content (AvgIpc) is 3.10. The molecular weight excluding hydrogens is 352 g/mol. The van der Waals surface area contributed by atoms with Crippen molar-refractivity contribution in [2.45, 2.75) is 75.5 Å². The second-order valence-electron chi connectivity index (χ2n) is 7.49. The van der Waals surface area contributed by atoms with E-state index in [-0.39, 0.29) is 22.9 Å². The topological polar surface area (TPSA) is 86.7 Å². The van der Waals surface area contributed by atoms with E-state index in [0.717, 1.165) is 24.0 Å². The van der Waals surface area contributed by atoms with Gasteiger partial charge in [-0.15, -0.1) is 0 Å². The molecule has 26 heavy (non-hydrogen) atoms. The quantitative estimate of drug-likeness (QED) is 0.835. The maximum Gasteiger partial charge on any atom is 0.244 e. The lowest BCUT2D eigenvalue weighted by Crippen LogP contribution is -2.49. The fourth-order valence-electron chi connectivity index (χ4n) is 3.94. The van der Waals surface area contributed by atoms with Gasteiger partial charge in [-0.25, -0.2) is 8.42 Å². The molecule has 2 fully saturated rings. The lowest BCUT2D eigenvalue weighted by atomic mass is 9.93. The number of hydrogen-bond acceptors (Lipinski definition) is 4. The Morgan fingerprint density at radius 1 is 1.15 bits per heavy atom. The Balaban J connectivity index is 1.77. The third-order valence-electron chi connectivity index (χ3n) is 5.69. The highest BCUT2D eigenvalue weighted by molar-refractivity contribution is 7.89. The molecule has 1 amide bonds. The maximum absolute atomic E-state index is 13.2. The minimum absolute atomic E-state index is 0.0248. The third kappa shape index (κ3) is 3.80. The number of sulfonamides is 1. The molecule has 1 aliphatic carbocycles. The molecule has 1 aromatic rings. The Hall–Kier alpha value is -1.44. The molecular formula is C19H28N2O4S. The number of nitrogens with zero attached hydrogens (tertiary/aromatic N) is 1. The number of rotatable bonds is 4. The van der Waals surface area contributed by atoms with Crippen molar-refractivity contribution in [1.82, 2.24) is 9.62 Å². The Labute approximate surface area is 155 Å². The molecule has 1 atom stereocenters. The largest absolute Gasteiger partial charge is 0.393 e. The number of benzene rings is 1. The summed E-state index contributed by atoms with van der Waals surface area (Å²) in [5.41, 5.74) is 1.66. The van der Waals surface area contributed by atoms with Gasteiger partial charge in [0.25, 0.3) is 0 Å². The van der Waals surface area contributed by atoms with Crippen molar-refractivity contribution in [2.75, 3.05) is 6.54 Å². The van der Waals surface area contributed by atoms with Gasteiger partial charge in [0.05, 0.1) is 11.0 Å². The lowest BCUT2D eigenvalue weighted by Gasteiger charge is -2.29. The zero-order chi connectivity index (χ0) is 18.9. The standard InChI is InChI=1S/C19H28N2O4S/c1-13-5-3-7-18(14(13)2)26(24,25)21-12-4-6-17(21)19(23)20-15-8-10-16(22)11-9-15/h3,5,7,15-17,22H,4,6,8-12H2,1-2H3,(H,20,23). The van der Waals surface area contributed by atoms with Gasteiger partial charge in [-0.2, -0.15) is 4.31 Å². The van der Waals surface area contributed by atoms with Crippen LogP contribution in [-0.4, -0.2) is 48.5 Å². The Bertz CT molecular complexity index is 770. The van der Waals surface area contributed by atoms with E-state index < -0.39 is 16.1 Å². The Kier molecular flexibility index (Phi) is 5.69. The number of aryl methyl sites for hydroxylation is 1. The first-order valence-electron chi connectivity index (χ1n) is 9.37. The van der Waals surface area contributed by atoms with E-state index in [4.69, 9.17) is 0 Å². The van der Waals surface area contributed by atoms with Crippen LogP contribution in [-0.2, 0) is 14.8 Å². The van der Waals surface area contributed by atoms with Gasteiger partial charge >= 0.3 is 0 Å². The summed E-state index contributed by atoms with van der Waals surface area (Å²) in [6.45, 7) is 4.07. The number of aliphatic hydroxyl groups is 1. The first kappa shape index (κ1) is 19.3. The van der Waals surface area contributed by atoms with Crippen molar-refractivity contribution >= 4 is 15.9 Å². The molecule has 144 valence electrons. The summed E-state index contributed by atoms with van der Waals surface area (Å²) in [5, 5.41) is 12.6. The molecule has 0 spiro atoms. The van der Waals surface area contributed by atoms with E-state index >= 15 is 0 Å². The van der Waals surface area contributed by atoms with Crippen molar-refractivity contribution in [3.63, 3.8) is 0 Å². The molecule has 1 unspecified atom stereocenters. The summed E-state index contributed by atoms with van der Waals surface area (Å²) < 4.78 is 27.7. The summed E-state index contributed by atoms with van der Waals surface area (Å²) in [7, 11) is -3.70. The minimum Gasteiger partial charge on any atom is -0.393 e. The molecule has 0 aromatic heterocycles. The van der Waals surface area contributed by atoms with Gasteiger partial charge in [0.15, 0.2) is 0 Å². The van der Waals surface area contributed by atoms with E-state index in [1.165, 1.54) is 4.31 Å². The van der Waals surface area contributed by atoms with Gasteiger partial charge in [-0.1, -0.05) is 12.1 Å². The Morgan fingerprint density at radius 3 is 2.54 bits per heavy atom. The SMILES string of the molecule is Cc1cccc(S(=O)(=O)N2CCCC2C(=O)NC2CCC(O)CC2)c1C. The van der Waals surface area contributed by atoms with Crippen molar-refractivity contribution in [1.29, 1.82) is 0 Å². The first-order valence-corrected chi connectivity index (χ1v) is 10.8. The molecule has 0 bridgehead atoms. The molecule has 1 aliphatic heterocycles. The lowest BCUT2D eigenvalue weighted by molar-refractivity contribution is -0.125. The van der Waals surface area contributed by atoms with Crippen LogP contribution in [0.4, 0.5) is 0 Å². The van der Waals surface area contributed by atoms with E-state index in [9.17, 15) is 18.3 Å². The summed E-state index contributed by atoms with van der Waals surface area (Å²) in [4.78, 5) is 13.0. The monoisotopic (exact) mass is 380 g/mol. The van der Waals surface area contributed by atoms with Crippen molar-refractivity contribution in [2.24, 2.45) is 0 Å². The van der Waals surface area contributed by atoms with Gasteiger partial charge in [0, 0.05) is 12.6 Å². The second kappa shape index (κ2) is 7.66. The van der Waals surface area contributed by atoms with Gasteiger partial charge in [-0.05, 0) is 69.6 Å². The van der Waals surface area contributed by atoms with Crippen molar-refractivity contribution in [3.05, 3.63) is 29.3 Å². The number of nitrogens with one attached hydrogen (secondary N) is 1. The number of carbonyl (C=O) groups excluding carboxylic acids is 1. The number of amides is 1. The van der Waals surface area contributed by atoms with Crippen molar-refractivity contribution in [3.8, 4) is 0 Å². The smallest absolute Gasteiger partial charge is 0.244 e. The highest BCUT2D eigenvalue weighted by Gasteiger charge is 2.40. The molecule has 1 aromatic carbocycles. The van der Waals surface area contributed by atoms with Crippen LogP contribution >= 0.6 is 0 Å². The van der Waals surface area contributed by atoms with Crippen LogP contribution in [0.25, 0.3) is 0 Å². The van der Waals surface area contributed by atoms with Gasteiger partial charge in [-0.3, -0.25) is 4.79 Å². The molecule has 1 saturated carbocycles. The molecule has 0 radical (unpaired) electrons. The van der Waals surface area contributed by atoms with Crippen LogP contribution in [0, 0.1) is 13.8 Å². The fourth-order valence-corrected chi connectivity index (χ4v) is 5.89. The average molecular weight is 381 g/mol. The zero-order valence-corrected chi connectivity index (χ0v) is 16.3. The van der Waals surface area contributed by atoms with Crippen molar-refractivity contribution < 1.29 is 18.3 Å².